The van der Waals surface area contributed by atoms with Gasteiger partial charge >= 0.3 is 0 Å². The van der Waals surface area contributed by atoms with Crippen molar-refractivity contribution in [2.24, 2.45) is 0 Å². The fraction of sp³-hybridized carbons (Fsp3) is 0.200. The predicted molar refractivity (Wildman–Crippen MR) is 124 cm³/mol. The van der Waals surface area contributed by atoms with Gasteiger partial charge in [-0.05, 0) is 48.4 Å². The third kappa shape index (κ3) is 4.09. The van der Waals surface area contributed by atoms with E-state index in [-0.39, 0.29) is 5.91 Å². The van der Waals surface area contributed by atoms with Gasteiger partial charge in [0.25, 0.3) is 5.91 Å². The third-order valence-corrected chi connectivity index (χ3v) is 5.72. The first-order chi connectivity index (χ1) is 15.7. The van der Waals surface area contributed by atoms with Crippen LogP contribution in [0.2, 0.25) is 0 Å². The molecular weight excluding hydrogens is 400 g/mol. The van der Waals surface area contributed by atoms with Crippen LogP contribution in [0.25, 0.3) is 16.9 Å². The quantitative estimate of drug-likeness (QED) is 0.501. The van der Waals surface area contributed by atoms with Crippen LogP contribution in [-0.2, 0) is 0 Å². The van der Waals surface area contributed by atoms with Crippen molar-refractivity contribution in [1.29, 1.82) is 0 Å². The van der Waals surface area contributed by atoms with E-state index in [1.807, 2.05) is 78.7 Å². The van der Waals surface area contributed by atoms with E-state index in [0.29, 0.717) is 18.9 Å². The topological polar surface area (TPSA) is 67.2 Å². The third-order valence-electron chi connectivity index (χ3n) is 5.72. The summed E-state index contributed by atoms with van der Waals surface area (Å²) in [6, 6.07) is 23.8. The Balaban J connectivity index is 1.20. The lowest BCUT2D eigenvalue weighted by atomic mass is 10.0. The summed E-state index contributed by atoms with van der Waals surface area (Å²) in [6.45, 7) is 4.70. The maximum atomic E-state index is 13.0. The molecule has 1 aliphatic heterocycles. The highest BCUT2D eigenvalue weighted by Crippen LogP contribution is 2.21. The molecule has 32 heavy (non-hydrogen) atoms. The largest absolute Gasteiger partial charge is 0.352 e. The Morgan fingerprint density at radius 2 is 1.41 bits per heavy atom. The molecule has 2 aromatic carbocycles. The van der Waals surface area contributed by atoms with Crippen molar-refractivity contribution in [3.63, 3.8) is 0 Å². The summed E-state index contributed by atoms with van der Waals surface area (Å²) in [6.07, 6.45) is 1.87. The smallest absolute Gasteiger partial charge is 0.253 e. The van der Waals surface area contributed by atoms with Crippen LogP contribution in [0.4, 0.5) is 5.82 Å². The first-order valence-electron chi connectivity index (χ1n) is 10.7. The number of aromatic nitrogens is 4. The standard InChI is InChI=1S/C25H24N6O/c1-19-13-14-31(28-19)24-12-11-23(26-27-24)29-15-17-30(18-16-29)25(32)22-9-7-21(8-10-22)20-5-3-2-4-6-20/h2-14H,15-18H2,1H3. The number of nitrogens with zero attached hydrogens (tertiary/aromatic N) is 6. The van der Waals surface area contributed by atoms with Gasteiger partial charge < -0.3 is 9.80 Å². The van der Waals surface area contributed by atoms with Gasteiger partial charge in [-0.2, -0.15) is 5.10 Å². The minimum atomic E-state index is 0.0692. The molecule has 2 aromatic heterocycles. The van der Waals surface area contributed by atoms with Gasteiger partial charge in [0.15, 0.2) is 11.6 Å². The highest BCUT2D eigenvalue weighted by atomic mass is 16.2. The van der Waals surface area contributed by atoms with Gasteiger partial charge in [0.2, 0.25) is 0 Å². The first kappa shape index (κ1) is 19.9. The molecule has 5 rings (SSSR count). The molecule has 0 spiro atoms. The molecule has 0 radical (unpaired) electrons. The van der Waals surface area contributed by atoms with E-state index in [1.54, 1.807) is 4.68 Å². The first-order valence-corrected chi connectivity index (χ1v) is 10.7. The zero-order valence-corrected chi connectivity index (χ0v) is 17.9. The van der Waals surface area contributed by atoms with Crippen LogP contribution >= 0.6 is 0 Å². The van der Waals surface area contributed by atoms with Crippen LogP contribution < -0.4 is 4.90 Å². The van der Waals surface area contributed by atoms with E-state index in [2.05, 4.69) is 32.3 Å². The average molecular weight is 425 g/mol. The zero-order valence-electron chi connectivity index (χ0n) is 17.9. The van der Waals surface area contributed by atoms with Gasteiger partial charge in [-0.3, -0.25) is 4.79 Å². The van der Waals surface area contributed by atoms with Gasteiger partial charge in [-0.25, -0.2) is 4.68 Å². The van der Waals surface area contributed by atoms with Crippen molar-refractivity contribution in [3.8, 4) is 16.9 Å². The normalized spacial score (nSPS) is 13.9. The molecule has 0 atom stereocenters. The molecule has 0 unspecified atom stereocenters. The summed E-state index contributed by atoms with van der Waals surface area (Å²) in [4.78, 5) is 17.0. The van der Waals surface area contributed by atoms with Crippen LogP contribution in [0.1, 0.15) is 16.1 Å². The molecule has 0 N–H and O–H groups in total. The average Bonchev–Trinajstić information content (AvgIpc) is 3.31. The maximum Gasteiger partial charge on any atom is 0.253 e. The summed E-state index contributed by atoms with van der Waals surface area (Å²) in [5, 5.41) is 13.0. The van der Waals surface area contributed by atoms with Crippen LogP contribution in [0.15, 0.2) is 79.0 Å². The van der Waals surface area contributed by atoms with E-state index >= 15 is 0 Å². The molecule has 1 saturated heterocycles. The summed E-state index contributed by atoms with van der Waals surface area (Å²) < 4.78 is 1.71. The summed E-state index contributed by atoms with van der Waals surface area (Å²) in [5.74, 6) is 1.58. The molecule has 160 valence electrons. The highest BCUT2D eigenvalue weighted by molar-refractivity contribution is 5.94. The second-order valence-electron chi connectivity index (χ2n) is 7.87. The minimum Gasteiger partial charge on any atom is -0.352 e. The molecule has 1 aliphatic rings. The Kier molecular flexibility index (Phi) is 5.37. The van der Waals surface area contributed by atoms with Crippen LogP contribution in [0.5, 0.6) is 0 Å². The molecular formula is C25H24N6O. The fourth-order valence-electron chi connectivity index (χ4n) is 3.91. The molecule has 4 aromatic rings. The van der Waals surface area contributed by atoms with Gasteiger partial charge in [0.1, 0.15) is 0 Å². The molecule has 3 heterocycles. The molecule has 0 saturated carbocycles. The zero-order chi connectivity index (χ0) is 21.9. The van der Waals surface area contributed by atoms with Gasteiger partial charge in [-0.1, -0.05) is 42.5 Å². The number of carbonyl (C=O) groups excluding carboxylic acids is 1. The lowest BCUT2D eigenvalue weighted by Gasteiger charge is -2.35. The number of aryl methyl sites for hydroxylation is 1. The molecule has 1 amide bonds. The van der Waals surface area contributed by atoms with E-state index in [4.69, 9.17) is 0 Å². The van der Waals surface area contributed by atoms with Gasteiger partial charge in [0.05, 0.1) is 5.69 Å². The van der Waals surface area contributed by atoms with Crippen molar-refractivity contribution < 1.29 is 4.79 Å². The van der Waals surface area contributed by atoms with Crippen molar-refractivity contribution >= 4 is 11.7 Å². The Morgan fingerprint density at radius 1 is 0.750 bits per heavy atom. The summed E-state index contributed by atoms with van der Waals surface area (Å²) in [5.41, 5.74) is 3.91. The van der Waals surface area contributed by atoms with E-state index < -0.39 is 0 Å². The fourth-order valence-corrected chi connectivity index (χ4v) is 3.91. The second-order valence-corrected chi connectivity index (χ2v) is 7.87. The number of anilines is 1. The Bertz CT molecular complexity index is 1190. The Morgan fingerprint density at radius 3 is 2.03 bits per heavy atom. The van der Waals surface area contributed by atoms with E-state index in [0.717, 1.165) is 41.3 Å². The van der Waals surface area contributed by atoms with E-state index in [1.165, 1.54) is 0 Å². The van der Waals surface area contributed by atoms with Crippen molar-refractivity contribution in [3.05, 3.63) is 90.3 Å². The summed E-state index contributed by atoms with van der Waals surface area (Å²) >= 11 is 0. The monoisotopic (exact) mass is 424 g/mol. The van der Waals surface area contributed by atoms with Crippen molar-refractivity contribution in [2.45, 2.75) is 6.92 Å². The van der Waals surface area contributed by atoms with Crippen LogP contribution in [0, 0.1) is 6.92 Å². The van der Waals surface area contributed by atoms with Gasteiger partial charge in [0, 0.05) is 37.9 Å². The number of amides is 1. The number of rotatable bonds is 4. The SMILES string of the molecule is Cc1ccn(-c2ccc(N3CCN(C(=O)c4ccc(-c5ccccc5)cc4)CC3)nn2)n1. The number of hydrogen-bond donors (Lipinski definition) is 0. The van der Waals surface area contributed by atoms with Crippen LogP contribution in [-0.4, -0.2) is 57.0 Å². The molecule has 0 bridgehead atoms. The van der Waals surface area contributed by atoms with Gasteiger partial charge in [-0.15, -0.1) is 10.2 Å². The number of benzene rings is 2. The second kappa shape index (κ2) is 8.63. The lowest BCUT2D eigenvalue weighted by molar-refractivity contribution is 0.0746. The summed E-state index contributed by atoms with van der Waals surface area (Å²) in [7, 11) is 0. The molecule has 0 aliphatic carbocycles. The Hall–Kier alpha value is -4.00. The lowest BCUT2D eigenvalue weighted by Crippen LogP contribution is -2.49. The van der Waals surface area contributed by atoms with Crippen LogP contribution in [0.3, 0.4) is 0 Å². The molecule has 7 heteroatoms. The molecule has 1 fully saturated rings. The van der Waals surface area contributed by atoms with Crippen molar-refractivity contribution in [1.82, 2.24) is 24.9 Å². The number of piperazine rings is 1. The predicted octanol–water partition coefficient (Wildman–Crippen LogP) is 3.60. The maximum absolute atomic E-state index is 13.0. The van der Waals surface area contributed by atoms with Crippen molar-refractivity contribution in [2.75, 3.05) is 31.1 Å². The number of carbonyl (C=O) groups is 1. The van der Waals surface area contributed by atoms with E-state index in [9.17, 15) is 4.79 Å². The highest BCUT2D eigenvalue weighted by Gasteiger charge is 2.23. The number of hydrogen-bond acceptors (Lipinski definition) is 5. The Labute approximate surface area is 186 Å². The minimum absolute atomic E-state index is 0.0692. The molecule has 7 nitrogen and oxygen atoms in total.